The molecule has 0 aromatic rings. The summed E-state index contributed by atoms with van der Waals surface area (Å²) in [7, 11) is 1.11. The zero-order valence-corrected chi connectivity index (χ0v) is 50.4. The molecule has 78 heavy (non-hydrogen) atoms. The molecule has 0 aliphatic rings. The van der Waals surface area contributed by atoms with Crippen LogP contribution in [0.2, 0.25) is 0 Å². The predicted molar refractivity (Wildman–Crippen MR) is 332 cm³/mol. The monoisotopic (exact) mass is 1100 g/mol. The van der Waals surface area contributed by atoms with Gasteiger partial charge in [-0.3, -0.25) is 14.2 Å². The Labute approximate surface area is 477 Å². The number of allylic oxidation sites excluding steroid dienone is 28. The average Bonchev–Trinajstić information content (AvgIpc) is 3.41. The quantitative estimate of drug-likeness (QED) is 0.0195. The minimum absolute atomic E-state index is 0.0477. The van der Waals surface area contributed by atoms with Crippen LogP contribution >= 0.6 is 7.82 Å². The summed E-state index contributed by atoms with van der Waals surface area (Å²) in [5.74, 6) is -0.892. The molecule has 0 bridgehead atoms. The molecular weight excluding hydrogens is 990 g/mol. The van der Waals surface area contributed by atoms with E-state index in [4.69, 9.17) is 18.5 Å². The summed E-state index contributed by atoms with van der Waals surface area (Å²) in [6, 6.07) is 0. The van der Waals surface area contributed by atoms with Crippen LogP contribution in [0, 0.1) is 0 Å². The van der Waals surface area contributed by atoms with Crippen molar-refractivity contribution in [1.82, 2.24) is 0 Å². The van der Waals surface area contributed by atoms with Crippen LogP contribution in [-0.2, 0) is 32.7 Å². The molecule has 0 spiro atoms. The highest BCUT2D eigenvalue weighted by molar-refractivity contribution is 7.45. The second-order valence-electron chi connectivity index (χ2n) is 20.2. The minimum Gasteiger partial charge on any atom is -0.756 e. The van der Waals surface area contributed by atoms with Crippen molar-refractivity contribution in [3.05, 3.63) is 170 Å². The van der Waals surface area contributed by atoms with Crippen molar-refractivity contribution in [3.8, 4) is 0 Å². The third kappa shape index (κ3) is 60.6. The van der Waals surface area contributed by atoms with Crippen LogP contribution in [0.25, 0.3) is 0 Å². The third-order valence-electron chi connectivity index (χ3n) is 11.7. The highest BCUT2D eigenvalue weighted by Gasteiger charge is 2.21. The van der Waals surface area contributed by atoms with Gasteiger partial charge in [0.2, 0.25) is 0 Å². The van der Waals surface area contributed by atoms with E-state index < -0.39 is 32.5 Å². The average molecular weight is 1100 g/mol. The number of hydrogen-bond acceptors (Lipinski definition) is 8. The van der Waals surface area contributed by atoms with Crippen molar-refractivity contribution in [2.24, 2.45) is 0 Å². The lowest BCUT2D eigenvalue weighted by molar-refractivity contribution is -0.870. The third-order valence-corrected chi connectivity index (χ3v) is 12.7. The number of quaternary nitrogens is 1. The van der Waals surface area contributed by atoms with E-state index in [0.29, 0.717) is 23.9 Å². The highest BCUT2D eigenvalue weighted by Crippen LogP contribution is 2.38. The molecule has 0 amide bonds. The molecule has 0 N–H and O–H groups in total. The van der Waals surface area contributed by atoms with E-state index in [1.807, 2.05) is 21.1 Å². The van der Waals surface area contributed by atoms with Gasteiger partial charge in [-0.15, -0.1) is 0 Å². The smallest absolute Gasteiger partial charge is 0.306 e. The Balaban J connectivity index is 4.21. The van der Waals surface area contributed by atoms with Crippen molar-refractivity contribution < 1.29 is 42.1 Å². The Kier molecular flexibility index (Phi) is 53.7. The van der Waals surface area contributed by atoms with E-state index in [-0.39, 0.29) is 26.1 Å². The molecule has 0 rings (SSSR count). The van der Waals surface area contributed by atoms with Gasteiger partial charge in [-0.2, -0.15) is 0 Å². The van der Waals surface area contributed by atoms with Gasteiger partial charge in [0.05, 0.1) is 27.7 Å². The molecule has 0 aromatic carbocycles. The van der Waals surface area contributed by atoms with Gasteiger partial charge in [0.25, 0.3) is 7.82 Å². The van der Waals surface area contributed by atoms with Gasteiger partial charge >= 0.3 is 11.9 Å². The van der Waals surface area contributed by atoms with Crippen LogP contribution in [-0.4, -0.2) is 70.0 Å². The molecule has 0 aromatic heterocycles. The molecule has 0 aliphatic carbocycles. The maximum Gasteiger partial charge on any atom is 0.306 e. The normalized spacial score (nSPS) is 14.5. The number of ether oxygens (including phenoxy) is 2. The molecule has 0 aliphatic heterocycles. The lowest BCUT2D eigenvalue weighted by Crippen LogP contribution is -2.37. The van der Waals surface area contributed by atoms with E-state index in [1.54, 1.807) is 0 Å². The van der Waals surface area contributed by atoms with Crippen LogP contribution in [0.4, 0.5) is 0 Å². The molecular formula is C68H108NO8P. The zero-order chi connectivity index (χ0) is 57.0. The Morgan fingerprint density at radius 1 is 0.397 bits per heavy atom. The van der Waals surface area contributed by atoms with Crippen LogP contribution in [0.15, 0.2) is 170 Å². The first-order valence-corrected chi connectivity index (χ1v) is 31.3. The van der Waals surface area contributed by atoms with Crippen LogP contribution in [0.3, 0.4) is 0 Å². The van der Waals surface area contributed by atoms with Gasteiger partial charge in [-0.1, -0.05) is 223 Å². The number of rotatable bonds is 52. The second-order valence-corrected chi connectivity index (χ2v) is 21.7. The molecule has 438 valence electrons. The number of likely N-dealkylation sites (N-methyl/N-ethyl adjacent to an activating group) is 1. The summed E-state index contributed by atoms with van der Waals surface area (Å²) >= 11 is 0. The largest absolute Gasteiger partial charge is 0.756 e. The second kappa shape index (κ2) is 57.1. The van der Waals surface area contributed by atoms with E-state index in [2.05, 4.69) is 184 Å². The topological polar surface area (TPSA) is 111 Å². The molecule has 2 atom stereocenters. The zero-order valence-electron chi connectivity index (χ0n) is 49.5. The maximum absolute atomic E-state index is 12.8. The Morgan fingerprint density at radius 2 is 0.692 bits per heavy atom. The summed E-state index contributed by atoms with van der Waals surface area (Å²) in [4.78, 5) is 37.8. The van der Waals surface area contributed by atoms with E-state index >= 15 is 0 Å². The molecule has 0 fully saturated rings. The molecule has 0 radical (unpaired) electrons. The predicted octanol–water partition coefficient (Wildman–Crippen LogP) is 18.4. The van der Waals surface area contributed by atoms with Crippen molar-refractivity contribution in [2.45, 2.75) is 200 Å². The summed E-state index contributed by atoms with van der Waals surface area (Å²) in [5, 5.41) is 0. The first-order valence-electron chi connectivity index (χ1n) is 29.8. The van der Waals surface area contributed by atoms with Gasteiger partial charge in [0.15, 0.2) is 6.10 Å². The maximum atomic E-state index is 12.8. The summed E-state index contributed by atoms with van der Waals surface area (Å²) in [5.41, 5.74) is 0. The van der Waals surface area contributed by atoms with Gasteiger partial charge in [0, 0.05) is 12.8 Å². The van der Waals surface area contributed by atoms with Crippen molar-refractivity contribution in [3.63, 3.8) is 0 Å². The molecule has 0 heterocycles. The van der Waals surface area contributed by atoms with Crippen molar-refractivity contribution >= 4 is 19.8 Å². The highest BCUT2D eigenvalue weighted by atomic mass is 31.2. The number of unbranched alkanes of at least 4 members (excludes halogenated alkanes) is 10. The fraction of sp³-hybridized carbons (Fsp3) is 0.559. The molecule has 2 unspecified atom stereocenters. The minimum atomic E-state index is -4.66. The Hall–Kier alpha value is -4.63. The number of phosphoric ester groups is 1. The Bertz CT molecular complexity index is 1920. The SMILES string of the molecule is CC/C=C\C/C=C\C/C=C\C/C=C\C/C=C\C/C=C\C/C=C\C/C=C\C/C=C\C/C=C\C/C=C\CCCCCCCC(=O)OC(COC(=O)CCCCCCC/C=C\C/C=C\C/C=C\CC)COP(=O)([O-])OCC[N+](C)(C)C. The van der Waals surface area contributed by atoms with Gasteiger partial charge in [0.1, 0.15) is 19.8 Å². The van der Waals surface area contributed by atoms with E-state index in [1.165, 1.54) is 0 Å². The first kappa shape index (κ1) is 73.4. The standard InChI is InChI=1S/C68H108NO8P/c1-6-8-10-12-14-16-18-20-22-23-24-25-26-27-28-29-30-31-32-33-34-35-36-37-38-39-40-41-42-43-44-45-47-49-51-53-55-57-59-61-68(71)77-66(65-76-78(72,73)75-63-62-69(3,4)5)64-74-67(70)60-58-56-54-52-50-48-46-21-19-17-15-13-11-9-7-2/h8-11,14-17,20-22,24-25,27-28,30-31,33-34,36-37,39-40,42-43,45-47,66H,6-7,12-13,18-19,23,26,29,32,35,38,41,44,48-65H2,1-5H3/b10-8-,11-9-,16-14-,17-15-,22-20-,25-24-,28-27-,31-30-,34-33-,37-36-,40-39-,43-42-,46-21-,47-45-. The summed E-state index contributed by atoms with van der Waals surface area (Å²) in [6.45, 7) is 3.93. The summed E-state index contributed by atoms with van der Waals surface area (Å²) in [6.07, 6.45) is 87.0. The van der Waals surface area contributed by atoms with Crippen LogP contribution in [0.5, 0.6) is 0 Å². The molecule has 10 heteroatoms. The van der Waals surface area contributed by atoms with Gasteiger partial charge in [-0.25, -0.2) is 0 Å². The van der Waals surface area contributed by atoms with Gasteiger partial charge < -0.3 is 27.9 Å². The van der Waals surface area contributed by atoms with Crippen molar-refractivity contribution in [2.75, 3.05) is 47.5 Å². The fourth-order valence-electron chi connectivity index (χ4n) is 7.20. The number of phosphoric acid groups is 1. The number of esters is 2. The van der Waals surface area contributed by atoms with Crippen LogP contribution < -0.4 is 4.89 Å². The van der Waals surface area contributed by atoms with E-state index in [0.717, 1.165) is 154 Å². The van der Waals surface area contributed by atoms with Crippen molar-refractivity contribution in [1.29, 1.82) is 0 Å². The lowest BCUT2D eigenvalue weighted by Gasteiger charge is -2.28. The van der Waals surface area contributed by atoms with Crippen LogP contribution in [0.1, 0.15) is 194 Å². The lowest BCUT2D eigenvalue weighted by atomic mass is 10.1. The Morgan fingerprint density at radius 3 is 1.03 bits per heavy atom. The molecule has 9 nitrogen and oxygen atoms in total. The summed E-state index contributed by atoms with van der Waals surface area (Å²) < 4.78 is 34.1. The van der Waals surface area contributed by atoms with E-state index in [9.17, 15) is 19.0 Å². The molecule has 0 saturated heterocycles. The number of carbonyl (C=O) groups is 2. The number of carbonyl (C=O) groups excluding carboxylic acids is 2. The number of hydrogen-bond donors (Lipinski definition) is 0. The first-order chi connectivity index (χ1) is 38.0. The fourth-order valence-corrected chi connectivity index (χ4v) is 7.93. The number of nitrogens with zero attached hydrogens (tertiary/aromatic N) is 1. The van der Waals surface area contributed by atoms with Gasteiger partial charge in [-0.05, 0) is 128 Å². The molecule has 0 saturated carbocycles.